The van der Waals surface area contributed by atoms with Crippen molar-refractivity contribution in [2.45, 2.75) is 6.54 Å². The number of amides is 2. The average molecular weight is 389 g/mol. The number of esters is 1. The van der Waals surface area contributed by atoms with E-state index in [2.05, 4.69) is 15.2 Å². The molecule has 0 atom stereocenters. The van der Waals surface area contributed by atoms with E-state index in [1.807, 2.05) is 18.2 Å². The lowest BCUT2D eigenvalue weighted by Crippen LogP contribution is -2.49. The number of urea groups is 1. The fraction of sp³-hybridized carbons (Fsp3) is 0.316. The van der Waals surface area contributed by atoms with E-state index in [1.165, 1.54) is 13.2 Å². The molecule has 1 fully saturated rings. The molecule has 1 N–H and O–H groups in total. The molecule has 1 aromatic carbocycles. The summed E-state index contributed by atoms with van der Waals surface area (Å²) in [4.78, 5) is 32.5. The van der Waals surface area contributed by atoms with Crippen molar-refractivity contribution in [2.24, 2.45) is 0 Å². The van der Waals surface area contributed by atoms with Gasteiger partial charge in [-0.3, -0.25) is 9.88 Å². The number of carbonyl (C=O) groups is 2. The van der Waals surface area contributed by atoms with E-state index in [-0.39, 0.29) is 6.03 Å². The highest BCUT2D eigenvalue weighted by atomic mass is 35.5. The van der Waals surface area contributed by atoms with Crippen molar-refractivity contribution in [3.8, 4) is 0 Å². The maximum atomic E-state index is 12.5. The SMILES string of the molecule is COC(=O)c1ccc(Cl)c(NC(=O)N2CCN(Cc3ccccn3)CC2)c1. The van der Waals surface area contributed by atoms with Crippen LogP contribution in [-0.4, -0.2) is 60.1 Å². The van der Waals surface area contributed by atoms with E-state index in [1.54, 1.807) is 23.2 Å². The zero-order chi connectivity index (χ0) is 19.2. The minimum atomic E-state index is -0.481. The Labute approximate surface area is 162 Å². The lowest BCUT2D eigenvalue weighted by atomic mass is 10.2. The van der Waals surface area contributed by atoms with Gasteiger partial charge in [-0.2, -0.15) is 0 Å². The summed E-state index contributed by atoms with van der Waals surface area (Å²) in [5, 5.41) is 3.15. The number of anilines is 1. The van der Waals surface area contributed by atoms with Crippen LogP contribution >= 0.6 is 11.6 Å². The first kappa shape index (κ1) is 19.1. The molecule has 1 aromatic heterocycles. The number of nitrogens with zero attached hydrogens (tertiary/aromatic N) is 3. The Bertz CT molecular complexity index is 808. The molecule has 2 amide bonds. The van der Waals surface area contributed by atoms with Gasteiger partial charge in [0.1, 0.15) is 0 Å². The van der Waals surface area contributed by atoms with Gasteiger partial charge in [-0.15, -0.1) is 0 Å². The van der Waals surface area contributed by atoms with Crippen LogP contribution in [0.5, 0.6) is 0 Å². The summed E-state index contributed by atoms with van der Waals surface area (Å²) < 4.78 is 4.70. The molecule has 142 valence electrons. The van der Waals surface area contributed by atoms with Crippen LogP contribution < -0.4 is 5.32 Å². The van der Waals surface area contributed by atoms with Gasteiger partial charge < -0.3 is 15.0 Å². The van der Waals surface area contributed by atoms with Crippen molar-refractivity contribution in [1.82, 2.24) is 14.8 Å². The lowest BCUT2D eigenvalue weighted by Gasteiger charge is -2.34. The number of hydrogen-bond donors (Lipinski definition) is 1. The van der Waals surface area contributed by atoms with Crippen molar-refractivity contribution in [1.29, 1.82) is 0 Å². The van der Waals surface area contributed by atoms with Gasteiger partial charge in [-0.25, -0.2) is 9.59 Å². The van der Waals surface area contributed by atoms with Gasteiger partial charge in [-0.1, -0.05) is 17.7 Å². The van der Waals surface area contributed by atoms with Crippen LogP contribution in [0.4, 0.5) is 10.5 Å². The zero-order valence-electron chi connectivity index (χ0n) is 15.0. The molecule has 1 aliphatic heterocycles. The van der Waals surface area contributed by atoms with Gasteiger partial charge in [0.15, 0.2) is 0 Å². The Hall–Kier alpha value is -2.64. The van der Waals surface area contributed by atoms with Crippen LogP contribution in [0.15, 0.2) is 42.6 Å². The molecule has 0 saturated carbocycles. The molecule has 0 spiro atoms. The number of aromatic nitrogens is 1. The highest BCUT2D eigenvalue weighted by Gasteiger charge is 2.22. The molecular weight excluding hydrogens is 368 g/mol. The molecule has 0 unspecified atom stereocenters. The molecule has 27 heavy (non-hydrogen) atoms. The second-order valence-electron chi connectivity index (χ2n) is 6.20. The van der Waals surface area contributed by atoms with Gasteiger partial charge >= 0.3 is 12.0 Å². The Morgan fingerprint density at radius 3 is 2.63 bits per heavy atom. The molecule has 3 rings (SSSR count). The van der Waals surface area contributed by atoms with Crippen molar-refractivity contribution in [2.75, 3.05) is 38.6 Å². The predicted molar refractivity (Wildman–Crippen MR) is 103 cm³/mol. The quantitative estimate of drug-likeness (QED) is 0.815. The summed E-state index contributed by atoms with van der Waals surface area (Å²) >= 11 is 6.14. The van der Waals surface area contributed by atoms with Crippen LogP contribution in [0.3, 0.4) is 0 Å². The summed E-state index contributed by atoms with van der Waals surface area (Å²) in [5.74, 6) is -0.481. The third-order valence-corrected chi connectivity index (χ3v) is 4.73. The lowest BCUT2D eigenvalue weighted by molar-refractivity contribution is 0.0600. The minimum Gasteiger partial charge on any atom is -0.465 e. The largest absolute Gasteiger partial charge is 0.465 e. The molecule has 0 bridgehead atoms. The smallest absolute Gasteiger partial charge is 0.337 e. The number of halogens is 1. The molecule has 7 nitrogen and oxygen atoms in total. The number of hydrogen-bond acceptors (Lipinski definition) is 5. The summed E-state index contributed by atoms with van der Waals surface area (Å²) in [6.45, 7) is 3.50. The number of rotatable bonds is 4. The number of carbonyl (C=O) groups excluding carboxylic acids is 2. The van der Waals surface area contributed by atoms with Crippen LogP contribution in [0.1, 0.15) is 16.1 Å². The first-order chi connectivity index (χ1) is 13.1. The highest BCUT2D eigenvalue weighted by Crippen LogP contribution is 2.24. The van der Waals surface area contributed by atoms with Crippen LogP contribution in [0.25, 0.3) is 0 Å². The molecule has 2 aromatic rings. The molecule has 8 heteroatoms. The topological polar surface area (TPSA) is 74.8 Å². The fourth-order valence-corrected chi connectivity index (χ4v) is 3.05. The maximum Gasteiger partial charge on any atom is 0.337 e. The first-order valence-corrected chi connectivity index (χ1v) is 9.00. The Balaban J connectivity index is 1.56. The predicted octanol–water partition coefficient (Wildman–Crippen LogP) is 2.87. The molecule has 2 heterocycles. The van der Waals surface area contributed by atoms with Gasteiger partial charge in [0.2, 0.25) is 0 Å². The molecule has 0 radical (unpaired) electrons. The second kappa shape index (κ2) is 8.83. The Morgan fingerprint density at radius 2 is 1.96 bits per heavy atom. The van der Waals surface area contributed by atoms with E-state index in [0.717, 1.165) is 25.3 Å². The highest BCUT2D eigenvalue weighted by molar-refractivity contribution is 6.33. The number of pyridine rings is 1. The van der Waals surface area contributed by atoms with E-state index in [0.29, 0.717) is 29.4 Å². The van der Waals surface area contributed by atoms with Gasteiger partial charge in [0.25, 0.3) is 0 Å². The number of ether oxygens (including phenoxy) is 1. The fourth-order valence-electron chi connectivity index (χ4n) is 2.89. The minimum absolute atomic E-state index is 0.239. The van der Waals surface area contributed by atoms with Crippen LogP contribution in [-0.2, 0) is 11.3 Å². The molecule has 0 aliphatic carbocycles. The van der Waals surface area contributed by atoms with Crippen molar-refractivity contribution >= 4 is 29.3 Å². The molecular formula is C19H21ClN4O3. The number of nitrogens with one attached hydrogen (secondary N) is 1. The Kier molecular flexibility index (Phi) is 6.26. The third-order valence-electron chi connectivity index (χ3n) is 4.40. The second-order valence-corrected chi connectivity index (χ2v) is 6.61. The summed E-state index contributed by atoms with van der Waals surface area (Å²) in [6, 6.07) is 10.3. The normalized spacial score (nSPS) is 14.7. The van der Waals surface area contributed by atoms with Crippen molar-refractivity contribution in [3.63, 3.8) is 0 Å². The molecule has 1 aliphatic rings. The monoisotopic (exact) mass is 388 g/mol. The van der Waals surface area contributed by atoms with Crippen LogP contribution in [0.2, 0.25) is 5.02 Å². The van der Waals surface area contributed by atoms with Crippen molar-refractivity contribution in [3.05, 3.63) is 58.9 Å². The van der Waals surface area contributed by atoms with E-state index >= 15 is 0 Å². The number of benzene rings is 1. The third kappa shape index (κ3) is 4.96. The molecule has 1 saturated heterocycles. The number of piperazine rings is 1. The Morgan fingerprint density at radius 1 is 1.19 bits per heavy atom. The summed E-state index contributed by atoms with van der Waals surface area (Å²) in [5.41, 5.74) is 1.74. The van der Waals surface area contributed by atoms with Crippen LogP contribution in [0, 0.1) is 0 Å². The maximum absolute atomic E-state index is 12.5. The van der Waals surface area contributed by atoms with Crippen molar-refractivity contribution < 1.29 is 14.3 Å². The van der Waals surface area contributed by atoms with E-state index < -0.39 is 5.97 Å². The summed E-state index contributed by atoms with van der Waals surface area (Å²) in [7, 11) is 1.31. The zero-order valence-corrected chi connectivity index (χ0v) is 15.8. The average Bonchev–Trinajstić information content (AvgIpc) is 2.70. The van der Waals surface area contributed by atoms with E-state index in [9.17, 15) is 9.59 Å². The van der Waals surface area contributed by atoms with Gasteiger partial charge in [0, 0.05) is 38.9 Å². The van der Waals surface area contributed by atoms with Gasteiger partial charge in [0.05, 0.1) is 29.1 Å². The number of methoxy groups -OCH3 is 1. The standard InChI is InChI=1S/C19H21ClN4O3/c1-27-18(25)14-5-6-16(20)17(12-14)22-19(26)24-10-8-23(9-11-24)13-15-4-2-3-7-21-15/h2-7,12H,8-11,13H2,1H3,(H,22,26). The van der Waals surface area contributed by atoms with E-state index in [4.69, 9.17) is 16.3 Å². The summed E-state index contributed by atoms with van der Waals surface area (Å²) in [6.07, 6.45) is 1.78. The van der Waals surface area contributed by atoms with Gasteiger partial charge in [-0.05, 0) is 30.3 Å². The first-order valence-electron chi connectivity index (χ1n) is 8.63.